The van der Waals surface area contributed by atoms with Crippen molar-refractivity contribution in [3.05, 3.63) is 12.2 Å². The van der Waals surface area contributed by atoms with Gasteiger partial charge in [0.05, 0.1) is 6.10 Å². The molecule has 0 aromatic heterocycles. The molecule has 0 radical (unpaired) electrons. The molecule has 66 valence electrons. The van der Waals surface area contributed by atoms with Gasteiger partial charge in [0.15, 0.2) is 0 Å². The van der Waals surface area contributed by atoms with Crippen molar-refractivity contribution in [2.75, 3.05) is 6.61 Å². The average Bonchev–Trinajstić information content (AvgIpc) is 1.96. The van der Waals surface area contributed by atoms with Crippen molar-refractivity contribution >= 4 is 0 Å². The molecule has 1 unspecified atom stereocenters. The highest BCUT2D eigenvalue weighted by Gasteiger charge is 1.90. The topological polar surface area (TPSA) is 40.5 Å². The summed E-state index contributed by atoms with van der Waals surface area (Å²) in [6.45, 7) is 2.06. The van der Waals surface area contributed by atoms with Crippen molar-refractivity contribution in [3.8, 4) is 0 Å². The Kier molecular flexibility index (Phi) is 7.52. The Balaban J connectivity index is 3.03. The lowest BCUT2D eigenvalue weighted by molar-refractivity contribution is 0.186. The van der Waals surface area contributed by atoms with Gasteiger partial charge in [-0.15, -0.1) is 0 Å². The van der Waals surface area contributed by atoms with Gasteiger partial charge in [0.1, 0.15) is 0 Å². The lowest BCUT2D eigenvalue weighted by Crippen LogP contribution is -1.96. The van der Waals surface area contributed by atoms with Crippen molar-refractivity contribution in [2.24, 2.45) is 0 Å². The van der Waals surface area contributed by atoms with Crippen LogP contribution in [0.4, 0.5) is 0 Å². The van der Waals surface area contributed by atoms with E-state index in [1.54, 1.807) is 6.92 Å². The van der Waals surface area contributed by atoms with Crippen LogP contribution in [0.2, 0.25) is 0 Å². The van der Waals surface area contributed by atoms with Crippen molar-refractivity contribution in [3.63, 3.8) is 0 Å². The van der Waals surface area contributed by atoms with Gasteiger partial charge in [-0.05, 0) is 32.6 Å². The summed E-state index contributed by atoms with van der Waals surface area (Å²) in [4.78, 5) is 0. The molecule has 0 aromatic carbocycles. The first-order valence-electron chi connectivity index (χ1n) is 4.21. The second kappa shape index (κ2) is 7.76. The highest BCUT2D eigenvalue weighted by molar-refractivity contribution is 4.81. The number of unbranched alkanes of at least 4 members (excludes halogenated alkanes) is 1. The summed E-state index contributed by atoms with van der Waals surface area (Å²) >= 11 is 0. The van der Waals surface area contributed by atoms with Gasteiger partial charge in [0, 0.05) is 6.61 Å². The fourth-order valence-electron chi connectivity index (χ4n) is 0.782. The molecule has 0 aliphatic rings. The van der Waals surface area contributed by atoms with Crippen LogP contribution in [0.3, 0.4) is 0 Å². The van der Waals surface area contributed by atoms with Crippen LogP contribution in [-0.2, 0) is 0 Å². The highest BCUT2D eigenvalue weighted by atomic mass is 16.3. The van der Waals surface area contributed by atoms with E-state index in [-0.39, 0.29) is 12.7 Å². The Bertz CT molecular complexity index is 97.7. The van der Waals surface area contributed by atoms with Crippen LogP contribution >= 0.6 is 0 Å². The lowest BCUT2D eigenvalue weighted by atomic mass is 10.2. The zero-order valence-corrected chi connectivity index (χ0v) is 7.16. The third-order valence-electron chi connectivity index (χ3n) is 1.45. The van der Waals surface area contributed by atoms with Crippen molar-refractivity contribution in [2.45, 2.75) is 38.7 Å². The van der Waals surface area contributed by atoms with Gasteiger partial charge in [-0.3, -0.25) is 0 Å². The van der Waals surface area contributed by atoms with Crippen LogP contribution in [-0.4, -0.2) is 22.9 Å². The molecule has 2 nitrogen and oxygen atoms in total. The summed E-state index contributed by atoms with van der Waals surface area (Å²) in [6.07, 6.45) is 7.46. The monoisotopic (exact) mass is 158 g/mol. The summed E-state index contributed by atoms with van der Waals surface area (Å²) in [5.41, 5.74) is 0. The molecule has 0 saturated heterocycles. The van der Waals surface area contributed by atoms with E-state index in [0.29, 0.717) is 0 Å². The zero-order valence-electron chi connectivity index (χ0n) is 7.16. The SMILES string of the molecule is CC(O)CCC=CCCCO. The molecular formula is C9H18O2. The largest absolute Gasteiger partial charge is 0.396 e. The Labute approximate surface area is 68.6 Å². The molecule has 1 atom stereocenters. The second-order valence-corrected chi connectivity index (χ2v) is 2.76. The lowest BCUT2D eigenvalue weighted by Gasteiger charge is -1.98. The summed E-state index contributed by atoms with van der Waals surface area (Å²) in [7, 11) is 0. The summed E-state index contributed by atoms with van der Waals surface area (Å²) in [5, 5.41) is 17.3. The fraction of sp³-hybridized carbons (Fsp3) is 0.778. The maximum atomic E-state index is 8.88. The summed E-state index contributed by atoms with van der Waals surface area (Å²) < 4.78 is 0. The predicted molar refractivity (Wildman–Crippen MR) is 46.4 cm³/mol. The Hall–Kier alpha value is -0.340. The number of aliphatic hydroxyl groups excluding tert-OH is 2. The molecule has 0 spiro atoms. The Morgan fingerprint density at radius 3 is 2.45 bits per heavy atom. The first-order chi connectivity index (χ1) is 5.27. The van der Waals surface area contributed by atoms with Crippen LogP contribution in [0, 0.1) is 0 Å². The van der Waals surface area contributed by atoms with Crippen LogP contribution in [0.1, 0.15) is 32.6 Å². The Morgan fingerprint density at radius 2 is 1.91 bits per heavy atom. The van der Waals surface area contributed by atoms with E-state index in [4.69, 9.17) is 10.2 Å². The van der Waals surface area contributed by atoms with Gasteiger partial charge < -0.3 is 10.2 Å². The third kappa shape index (κ3) is 9.66. The molecule has 0 saturated carbocycles. The maximum absolute atomic E-state index is 8.88. The average molecular weight is 158 g/mol. The summed E-state index contributed by atoms with van der Waals surface area (Å²) in [6, 6.07) is 0. The molecule has 0 fully saturated rings. The van der Waals surface area contributed by atoms with Crippen LogP contribution in [0.5, 0.6) is 0 Å². The minimum atomic E-state index is -0.197. The number of allylic oxidation sites excluding steroid dienone is 2. The first-order valence-corrected chi connectivity index (χ1v) is 4.21. The van der Waals surface area contributed by atoms with E-state index in [0.717, 1.165) is 25.7 Å². The van der Waals surface area contributed by atoms with E-state index in [1.165, 1.54) is 0 Å². The van der Waals surface area contributed by atoms with E-state index in [1.807, 2.05) is 0 Å². The normalized spacial score (nSPS) is 14.1. The van der Waals surface area contributed by atoms with Gasteiger partial charge in [0.2, 0.25) is 0 Å². The molecule has 11 heavy (non-hydrogen) atoms. The fourth-order valence-corrected chi connectivity index (χ4v) is 0.782. The number of aliphatic hydroxyl groups is 2. The predicted octanol–water partition coefficient (Wildman–Crippen LogP) is 1.48. The van der Waals surface area contributed by atoms with Gasteiger partial charge in [-0.1, -0.05) is 12.2 Å². The van der Waals surface area contributed by atoms with Gasteiger partial charge >= 0.3 is 0 Å². The molecule has 0 amide bonds. The quantitative estimate of drug-likeness (QED) is 0.454. The van der Waals surface area contributed by atoms with Crippen LogP contribution in [0.15, 0.2) is 12.2 Å². The number of rotatable bonds is 6. The minimum absolute atomic E-state index is 0.197. The van der Waals surface area contributed by atoms with Crippen LogP contribution in [0.25, 0.3) is 0 Å². The number of hydrogen-bond acceptors (Lipinski definition) is 2. The molecule has 0 aliphatic carbocycles. The molecular weight excluding hydrogens is 140 g/mol. The standard InChI is InChI=1S/C9H18O2/c1-9(11)7-5-3-2-4-6-8-10/h2-3,9-11H,4-8H2,1H3. The molecule has 0 aliphatic heterocycles. The molecule has 0 bridgehead atoms. The third-order valence-corrected chi connectivity index (χ3v) is 1.45. The maximum Gasteiger partial charge on any atom is 0.0515 e. The highest BCUT2D eigenvalue weighted by Crippen LogP contribution is 1.98. The van der Waals surface area contributed by atoms with Crippen LogP contribution < -0.4 is 0 Å². The van der Waals surface area contributed by atoms with Gasteiger partial charge in [-0.2, -0.15) is 0 Å². The summed E-state index contributed by atoms with van der Waals surface area (Å²) in [5.74, 6) is 0. The zero-order chi connectivity index (χ0) is 8.53. The van der Waals surface area contributed by atoms with Crippen molar-refractivity contribution < 1.29 is 10.2 Å². The van der Waals surface area contributed by atoms with E-state index in [2.05, 4.69) is 12.2 Å². The van der Waals surface area contributed by atoms with Crippen molar-refractivity contribution in [1.29, 1.82) is 0 Å². The van der Waals surface area contributed by atoms with E-state index >= 15 is 0 Å². The number of hydrogen-bond donors (Lipinski definition) is 2. The molecule has 2 N–H and O–H groups in total. The second-order valence-electron chi connectivity index (χ2n) is 2.76. The molecule has 0 rings (SSSR count). The first kappa shape index (κ1) is 10.7. The molecule has 0 aromatic rings. The Morgan fingerprint density at radius 1 is 1.27 bits per heavy atom. The van der Waals surface area contributed by atoms with E-state index < -0.39 is 0 Å². The minimum Gasteiger partial charge on any atom is -0.396 e. The molecule has 2 heteroatoms. The van der Waals surface area contributed by atoms with Gasteiger partial charge in [0.25, 0.3) is 0 Å². The van der Waals surface area contributed by atoms with Gasteiger partial charge in [-0.25, -0.2) is 0 Å². The van der Waals surface area contributed by atoms with E-state index in [9.17, 15) is 0 Å². The van der Waals surface area contributed by atoms with Crippen molar-refractivity contribution in [1.82, 2.24) is 0 Å². The smallest absolute Gasteiger partial charge is 0.0515 e. The molecule has 0 heterocycles.